The van der Waals surface area contributed by atoms with E-state index < -0.39 is 17.9 Å². The van der Waals surface area contributed by atoms with Crippen LogP contribution in [0.25, 0.3) is 22.3 Å². The first kappa shape index (κ1) is 32.3. The number of carbonyl (C=O) groups is 3. The van der Waals surface area contributed by atoms with Gasteiger partial charge in [-0.2, -0.15) is 0 Å². The molecule has 3 rings (SSSR count). The number of esters is 3. The minimum absolute atomic E-state index is 0.00795. The first-order chi connectivity index (χ1) is 20.7. The van der Waals surface area contributed by atoms with Crippen LogP contribution >= 0.6 is 0 Å². The predicted octanol–water partition coefficient (Wildman–Crippen LogP) is 6.24. The molecule has 43 heavy (non-hydrogen) atoms. The van der Waals surface area contributed by atoms with Crippen LogP contribution in [0.5, 0.6) is 23.0 Å². The lowest BCUT2D eigenvalue weighted by Crippen LogP contribution is -2.15. The molecule has 0 aliphatic heterocycles. The van der Waals surface area contributed by atoms with Crippen LogP contribution in [0, 0.1) is 0 Å². The van der Waals surface area contributed by atoms with E-state index in [2.05, 4.69) is 19.7 Å². The van der Waals surface area contributed by atoms with Crippen molar-refractivity contribution in [3.63, 3.8) is 0 Å². The number of methoxy groups -OCH3 is 2. The van der Waals surface area contributed by atoms with E-state index in [0.29, 0.717) is 11.3 Å². The van der Waals surface area contributed by atoms with Gasteiger partial charge in [-0.3, -0.25) is 0 Å². The van der Waals surface area contributed by atoms with Crippen LogP contribution in [0.4, 0.5) is 0 Å². The normalized spacial score (nSPS) is 10.6. The zero-order valence-corrected chi connectivity index (χ0v) is 24.2. The van der Waals surface area contributed by atoms with E-state index in [1.165, 1.54) is 26.5 Å². The van der Waals surface area contributed by atoms with Gasteiger partial charge in [0.15, 0.2) is 23.0 Å². The topological polar surface area (TPSA) is 107 Å². The maximum Gasteiger partial charge on any atom is 0.341 e. The third-order valence-corrected chi connectivity index (χ3v) is 5.77. The minimum Gasteiger partial charge on any atom is -0.461 e. The van der Waals surface area contributed by atoms with Crippen LogP contribution in [0.15, 0.2) is 110 Å². The third-order valence-electron chi connectivity index (χ3n) is 5.77. The molecule has 0 saturated carbocycles. The Kier molecular flexibility index (Phi) is 11.8. The molecule has 0 heterocycles. The molecule has 0 aliphatic rings. The number of benzene rings is 3. The molecule has 0 amide bonds. The second-order valence-corrected chi connectivity index (χ2v) is 8.97. The summed E-state index contributed by atoms with van der Waals surface area (Å²) in [5.41, 5.74) is 3.44. The summed E-state index contributed by atoms with van der Waals surface area (Å²) >= 11 is 0. The van der Waals surface area contributed by atoms with Gasteiger partial charge in [-0.05, 0) is 53.4 Å². The summed E-state index contributed by atoms with van der Waals surface area (Å²) in [7, 11) is 2.89. The summed E-state index contributed by atoms with van der Waals surface area (Å²) in [4.78, 5) is 36.7. The van der Waals surface area contributed by atoms with Crippen molar-refractivity contribution in [1.29, 1.82) is 0 Å². The molecule has 0 aromatic heterocycles. The second-order valence-electron chi connectivity index (χ2n) is 8.97. The molecule has 0 spiro atoms. The summed E-state index contributed by atoms with van der Waals surface area (Å²) in [6.07, 6.45) is 4.20. The lowest BCUT2D eigenvalue weighted by Gasteiger charge is -2.13. The van der Waals surface area contributed by atoms with Crippen LogP contribution in [-0.2, 0) is 23.9 Å². The number of rotatable bonds is 14. The van der Waals surface area contributed by atoms with Crippen molar-refractivity contribution in [3.8, 4) is 45.3 Å². The van der Waals surface area contributed by atoms with E-state index in [4.69, 9.17) is 28.4 Å². The molecular weight excluding hydrogens is 552 g/mol. The van der Waals surface area contributed by atoms with Gasteiger partial charge in [0, 0.05) is 20.3 Å². The van der Waals surface area contributed by atoms with Crippen LogP contribution in [0.2, 0.25) is 0 Å². The summed E-state index contributed by atoms with van der Waals surface area (Å²) < 4.78 is 31.7. The van der Waals surface area contributed by atoms with Gasteiger partial charge < -0.3 is 28.4 Å². The highest BCUT2D eigenvalue weighted by molar-refractivity contribution is 5.91. The summed E-state index contributed by atoms with van der Waals surface area (Å²) in [6, 6.07) is 17.6. The molecule has 0 N–H and O–H groups in total. The molecule has 0 aliphatic carbocycles. The Morgan fingerprint density at radius 1 is 0.651 bits per heavy atom. The molecule has 0 atom stereocenters. The van der Waals surface area contributed by atoms with Crippen molar-refractivity contribution < 1.29 is 42.8 Å². The van der Waals surface area contributed by atoms with Gasteiger partial charge in [0.05, 0.1) is 30.6 Å². The molecule has 222 valence electrons. The highest BCUT2D eigenvalue weighted by Gasteiger charge is 2.17. The first-order valence-corrected chi connectivity index (χ1v) is 13.0. The number of carbonyl (C=O) groups excluding carboxylic acids is 3. The van der Waals surface area contributed by atoms with Gasteiger partial charge in [0.2, 0.25) is 0 Å². The Morgan fingerprint density at radius 2 is 1.09 bits per heavy atom. The van der Waals surface area contributed by atoms with Gasteiger partial charge in [0.25, 0.3) is 0 Å². The van der Waals surface area contributed by atoms with Crippen LogP contribution < -0.4 is 18.9 Å². The third kappa shape index (κ3) is 8.87. The Labute approximate surface area is 250 Å². The number of allylic oxidation sites excluding steroid dienone is 1. The highest BCUT2D eigenvalue weighted by Crippen LogP contribution is 2.36. The lowest BCUT2D eigenvalue weighted by molar-refractivity contribution is -0.132. The number of hydrogen-bond acceptors (Lipinski definition) is 9. The fraction of sp³-hybridized carbons (Fsp3) is 0.147. The molecule has 0 fully saturated rings. The fourth-order valence-corrected chi connectivity index (χ4v) is 3.67. The fourth-order valence-electron chi connectivity index (χ4n) is 3.67. The second kappa shape index (κ2) is 15.7. The summed E-state index contributed by atoms with van der Waals surface area (Å²) in [5, 5.41) is 0. The van der Waals surface area contributed by atoms with Crippen molar-refractivity contribution >= 4 is 17.9 Å². The lowest BCUT2D eigenvalue weighted by atomic mass is 9.99. The van der Waals surface area contributed by atoms with Crippen molar-refractivity contribution in [3.05, 3.63) is 110 Å². The minimum atomic E-state index is -0.715. The molecule has 9 heteroatoms. The van der Waals surface area contributed by atoms with E-state index in [1.807, 2.05) is 24.3 Å². The van der Waals surface area contributed by atoms with Gasteiger partial charge in [-0.15, -0.1) is 0 Å². The van der Waals surface area contributed by atoms with Crippen molar-refractivity contribution in [2.24, 2.45) is 0 Å². The quantitative estimate of drug-likeness (QED) is 0.0942. The molecule has 0 saturated heterocycles. The molecule has 0 bridgehead atoms. The maximum absolute atomic E-state index is 12.3. The van der Waals surface area contributed by atoms with E-state index >= 15 is 0 Å². The largest absolute Gasteiger partial charge is 0.461 e. The predicted molar refractivity (Wildman–Crippen MR) is 162 cm³/mol. The molecular formula is C34H32O9. The monoisotopic (exact) mass is 584 g/mol. The van der Waals surface area contributed by atoms with E-state index in [0.717, 1.165) is 22.8 Å². The standard InChI is InChI=1S/C34H32O9/c1-7-17-40-30-18-26(13-15-28(30)42-33(36)22(3)20-38-5)24-9-11-25(12-10-24)27-14-16-29(31(19-27)41-32(35)8-2)43-34(37)23(4)21-39-6/h7-19H,2-4,20-21H2,1,5-6H3/b17-7-. The average Bonchev–Trinajstić information content (AvgIpc) is 3.01. The SMILES string of the molecule is C=CC(=O)Oc1cc(-c2ccc(-c3ccc(OC(=O)C(=C)COC)c(O/C=C\C)c3)cc2)ccc1OC(=O)C(=C)COC. The van der Waals surface area contributed by atoms with Crippen LogP contribution in [-0.4, -0.2) is 45.3 Å². The van der Waals surface area contributed by atoms with Crippen molar-refractivity contribution in [2.45, 2.75) is 6.92 Å². The van der Waals surface area contributed by atoms with Gasteiger partial charge in [-0.1, -0.05) is 62.2 Å². The number of ether oxygens (including phenoxy) is 6. The van der Waals surface area contributed by atoms with E-state index in [1.54, 1.807) is 43.3 Å². The smallest absolute Gasteiger partial charge is 0.341 e. The van der Waals surface area contributed by atoms with Gasteiger partial charge in [-0.25, -0.2) is 14.4 Å². The molecule has 3 aromatic carbocycles. The van der Waals surface area contributed by atoms with E-state index in [-0.39, 0.29) is 41.6 Å². The zero-order chi connectivity index (χ0) is 31.4. The Bertz CT molecular complexity index is 1550. The Hall–Kier alpha value is -5.25. The average molecular weight is 585 g/mol. The summed E-state index contributed by atoms with van der Waals surface area (Å²) in [6.45, 7) is 12.6. The molecule has 0 unspecified atom stereocenters. The molecule has 3 aromatic rings. The van der Waals surface area contributed by atoms with Crippen molar-refractivity contribution in [2.75, 3.05) is 27.4 Å². The molecule has 0 radical (unpaired) electrons. The maximum atomic E-state index is 12.3. The van der Waals surface area contributed by atoms with Gasteiger partial charge in [0.1, 0.15) is 0 Å². The van der Waals surface area contributed by atoms with Crippen LogP contribution in [0.1, 0.15) is 6.92 Å². The Balaban J connectivity index is 1.89. The highest BCUT2D eigenvalue weighted by atomic mass is 16.6. The van der Waals surface area contributed by atoms with Gasteiger partial charge >= 0.3 is 17.9 Å². The van der Waals surface area contributed by atoms with E-state index in [9.17, 15) is 14.4 Å². The van der Waals surface area contributed by atoms with Crippen molar-refractivity contribution in [1.82, 2.24) is 0 Å². The first-order valence-electron chi connectivity index (χ1n) is 13.0. The number of hydrogen-bond donors (Lipinski definition) is 0. The summed E-state index contributed by atoms with van der Waals surface area (Å²) in [5.74, 6) is -1.41. The zero-order valence-electron chi connectivity index (χ0n) is 24.2. The van der Waals surface area contributed by atoms with Crippen LogP contribution in [0.3, 0.4) is 0 Å². The molecule has 9 nitrogen and oxygen atoms in total. The Morgan fingerprint density at radius 3 is 1.53 bits per heavy atom.